The van der Waals surface area contributed by atoms with Crippen molar-refractivity contribution in [3.05, 3.63) is 0 Å². The van der Waals surface area contributed by atoms with Crippen molar-refractivity contribution in [2.24, 2.45) is 11.8 Å². The van der Waals surface area contributed by atoms with Crippen molar-refractivity contribution in [3.63, 3.8) is 0 Å². The van der Waals surface area contributed by atoms with E-state index in [0.29, 0.717) is 12.1 Å². The van der Waals surface area contributed by atoms with Crippen LogP contribution < -0.4 is 5.32 Å². The molecule has 114 valence electrons. The number of ether oxygens (including phenoxy) is 1. The van der Waals surface area contributed by atoms with E-state index in [4.69, 9.17) is 4.74 Å². The van der Waals surface area contributed by atoms with Crippen molar-refractivity contribution in [1.29, 1.82) is 0 Å². The van der Waals surface area contributed by atoms with Crippen molar-refractivity contribution in [3.8, 4) is 0 Å². The van der Waals surface area contributed by atoms with Gasteiger partial charge in [-0.1, -0.05) is 40.0 Å². The lowest BCUT2D eigenvalue weighted by molar-refractivity contribution is -0.0108. The Labute approximate surface area is 120 Å². The summed E-state index contributed by atoms with van der Waals surface area (Å²) in [5.41, 5.74) is 0. The van der Waals surface area contributed by atoms with Gasteiger partial charge in [0.1, 0.15) is 0 Å². The molecule has 0 amide bonds. The van der Waals surface area contributed by atoms with E-state index in [1.54, 1.807) is 0 Å². The summed E-state index contributed by atoms with van der Waals surface area (Å²) in [6.07, 6.45) is 9.83. The number of rotatable bonds is 9. The van der Waals surface area contributed by atoms with Crippen molar-refractivity contribution < 1.29 is 4.74 Å². The Kier molecular flexibility index (Phi) is 8.72. The quantitative estimate of drug-likeness (QED) is 0.627. The summed E-state index contributed by atoms with van der Waals surface area (Å²) in [5.74, 6) is 1.63. The largest absolute Gasteiger partial charge is 0.377 e. The van der Waals surface area contributed by atoms with E-state index in [2.05, 4.69) is 33.0 Å². The Morgan fingerprint density at radius 2 is 1.84 bits per heavy atom. The van der Waals surface area contributed by atoms with Gasteiger partial charge in [0.2, 0.25) is 0 Å². The summed E-state index contributed by atoms with van der Waals surface area (Å²) in [5, 5.41) is 3.59. The lowest BCUT2D eigenvalue weighted by Gasteiger charge is -2.31. The van der Waals surface area contributed by atoms with Gasteiger partial charge in [-0.25, -0.2) is 0 Å². The van der Waals surface area contributed by atoms with E-state index in [1.165, 1.54) is 44.9 Å². The van der Waals surface area contributed by atoms with E-state index < -0.39 is 0 Å². The molecule has 0 aromatic heterocycles. The average molecular weight is 269 g/mol. The fraction of sp³-hybridized carbons (Fsp3) is 1.00. The van der Waals surface area contributed by atoms with Crippen LogP contribution in [0.2, 0.25) is 0 Å². The topological polar surface area (TPSA) is 21.3 Å². The molecule has 1 aliphatic carbocycles. The van der Waals surface area contributed by atoms with Gasteiger partial charge in [0.05, 0.1) is 12.7 Å². The maximum atomic E-state index is 6.10. The molecular weight excluding hydrogens is 234 g/mol. The van der Waals surface area contributed by atoms with Crippen LogP contribution in [0.4, 0.5) is 0 Å². The molecule has 3 atom stereocenters. The second-order valence-corrected chi connectivity index (χ2v) is 6.69. The van der Waals surface area contributed by atoms with Crippen LogP contribution in [-0.4, -0.2) is 25.3 Å². The van der Waals surface area contributed by atoms with Crippen LogP contribution >= 0.6 is 0 Å². The molecule has 0 spiro atoms. The van der Waals surface area contributed by atoms with Crippen LogP contribution in [-0.2, 0) is 4.74 Å². The standard InChI is InChI=1S/C17H35NO/c1-5-16-8-6-7-9-17(16)19-13-12-18-15(4)11-10-14(2)3/h14-18H,5-13H2,1-4H3. The zero-order chi connectivity index (χ0) is 14.1. The summed E-state index contributed by atoms with van der Waals surface area (Å²) in [6.45, 7) is 11.1. The molecule has 0 aromatic carbocycles. The Balaban J connectivity index is 2.06. The average Bonchev–Trinajstić information content (AvgIpc) is 2.41. The second kappa shape index (κ2) is 9.77. The number of nitrogens with one attached hydrogen (secondary N) is 1. The third-order valence-electron chi connectivity index (χ3n) is 4.47. The molecule has 2 nitrogen and oxygen atoms in total. The summed E-state index contributed by atoms with van der Waals surface area (Å²) in [7, 11) is 0. The molecule has 1 aliphatic rings. The Morgan fingerprint density at radius 3 is 2.53 bits per heavy atom. The van der Waals surface area contributed by atoms with Crippen LogP contribution in [0.15, 0.2) is 0 Å². The third kappa shape index (κ3) is 7.31. The molecule has 1 saturated carbocycles. The second-order valence-electron chi connectivity index (χ2n) is 6.69. The van der Waals surface area contributed by atoms with Crippen LogP contribution in [0.1, 0.15) is 72.6 Å². The van der Waals surface area contributed by atoms with Gasteiger partial charge in [-0.15, -0.1) is 0 Å². The van der Waals surface area contributed by atoms with Gasteiger partial charge in [-0.3, -0.25) is 0 Å². The molecule has 1 rings (SSSR count). The molecule has 0 saturated heterocycles. The molecule has 19 heavy (non-hydrogen) atoms. The summed E-state index contributed by atoms with van der Waals surface area (Å²) >= 11 is 0. The normalized spacial score (nSPS) is 25.7. The van der Waals surface area contributed by atoms with Gasteiger partial charge in [0.15, 0.2) is 0 Å². The SMILES string of the molecule is CCC1CCCCC1OCCNC(C)CCC(C)C. The van der Waals surface area contributed by atoms with Gasteiger partial charge >= 0.3 is 0 Å². The summed E-state index contributed by atoms with van der Waals surface area (Å²) in [4.78, 5) is 0. The Morgan fingerprint density at radius 1 is 1.11 bits per heavy atom. The molecule has 0 bridgehead atoms. The first-order chi connectivity index (χ1) is 9.13. The van der Waals surface area contributed by atoms with Crippen molar-refractivity contribution in [1.82, 2.24) is 5.32 Å². The van der Waals surface area contributed by atoms with Gasteiger partial charge < -0.3 is 10.1 Å². The predicted molar refractivity (Wildman–Crippen MR) is 83.5 cm³/mol. The first-order valence-electron chi connectivity index (χ1n) is 8.48. The monoisotopic (exact) mass is 269 g/mol. The first-order valence-corrected chi connectivity index (χ1v) is 8.48. The van der Waals surface area contributed by atoms with E-state index in [-0.39, 0.29) is 0 Å². The van der Waals surface area contributed by atoms with Crippen molar-refractivity contribution in [2.45, 2.75) is 84.8 Å². The molecule has 2 heteroatoms. The molecule has 0 heterocycles. The van der Waals surface area contributed by atoms with E-state index in [0.717, 1.165) is 25.0 Å². The zero-order valence-electron chi connectivity index (χ0n) is 13.6. The maximum Gasteiger partial charge on any atom is 0.0603 e. The molecule has 3 unspecified atom stereocenters. The van der Waals surface area contributed by atoms with Crippen molar-refractivity contribution in [2.75, 3.05) is 13.2 Å². The molecule has 0 aliphatic heterocycles. The highest BCUT2D eigenvalue weighted by Gasteiger charge is 2.23. The Bertz CT molecular complexity index is 217. The smallest absolute Gasteiger partial charge is 0.0603 e. The number of hydrogen-bond donors (Lipinski definition) is 1. The van der Waals surface area contributed by atoms with E-state index >= 15 is 0 Å². The molecule has 1 fully saturated rings. The van der Waals surface area contributed by atoms with Crippen LogP contribution in [0, 0.1) is 11.8 Å². The summed E-state index contributed by atoms with van der Waals surface area (Å²) < 4.78 is 6.10. The molecule has 0 radical (unpaired) electrons. The van der Waals surface area contributed by atoms with Gasteiger partial charge in [-0.05, 0) is 44.4 Å². The highest BCUT2D eigenvalue weighted by Crippen LogP contribution is 2.28. The van der Waals surface area contributed by atoms with E-state index in [9.17, 15) is 0 Å². The minimum Gasteiger partial charge on any atom is -0.377 e. The summed E-state index contributed by atoms with van der Waals surface area (Å²) in [6, 6.07) is 0.624. The fourth-order valence-corrected chi connectivity index (χ4v) is 3.06. The zero-order valence-corrected chi connectivity index (χ0v) is 13.6. The minimum atomic E-state index is 0.534. The lowest BCUT2D eigenvalue weighted by Crippen LogP contribution is -2.33. The van der Waals surface area contributed by atoms with Gasteiger partial charge in [-0.2, -0.15) is 0 Å². The van der Waals surface area contributed by atoms with Crippen LogP contribution in [0.3, 0.4) is 0 Å². The minimum absolute atomic E-state index is 0.534. The highest BCUT2D eigenvalue weighted by atomic mass is 16.5. The third-order valence-corrected chi connectivity index (χ3v) is 4.47. The maximum absolute atomic E-state index is 6.10. The lowest BCUT2D eigenvalue weighted by atomic mass is 9.85. The first kappa shape index (κ1) is 17.0. The number of hydrogen-bond acceptors (Lipinski definition) is 2. The van der Waals surface area contributed by atoms with Gasteiger partial charge in [0, 0.05) is 12.6 Å². The highest BCUT2D eigenvalue weighted by molar-refractivity contribution is 4.75. The van der Waals surface area contributed by atoms with Crippen LogP contribution in [0.25, 0.3) is 0 Å². The Hall–Kier alpha value is -0.0800. The van der Waals surface area contributed by atoms with Crippen LogP contribution in [0.5, 0.6) is 0 Å². The van der Waals surface area contributed by atoms with E-state index in [1.807, 2.05) is 0 Å². The molecular formula is C17H35NO. The van der Waals surface area contributed by atoms with Gasteiger partial charge in [0.25, 0.3) is 0 Å². The molecule has 0 aromatic rings. The van der Waals surface area contributed by atoms with Crippen molar-refractivity contribution >= 4 is 0 Å². The molecule has 1 N–H and O–H groups in total. The fourth-order valence-electron chi connectivity index (χ4n) is 3.06. The predicted octanol–water partition coefficient (Wildman–Crippen LogP) is 4.39.